The third-order valence-electron chi connectivity index (χ3n) is 4.18. The maximum absolute atomic E-state index is 13.3. The molecule has 0 bridgehead atoms. The largest absolute Gasteiger partial charge is 0.293 e. The summed E-state index contributed by atoms with van der Waals surface area (Å²) in [5.74, 6) is -0.782. The molecular formula is C21H17FN4O2. The van der Waals surface area contributed by atoms with Gasteiger partial charge in [-0.2, -0.15) is 5.10 Å². The molecule has 2 aromatic carbocycles. The number of aromatic nitrogens is 3. The lowest BCUT2D eigenvalue weighted by Crippen LogP contribution is -2.26. The van der Waals surface area contributed by atoms with Gasteiger partial charge in [0.05, 0.1) is 18.0 Å². The van der Waals surface area contributed by atoms with Gasteiger partial charge in [0.25, 0.3) is 5.91 Å². The molecule has 0 saturated heterocycles. The van der Waals surface area contributed by atoms with Crippen molar-refractivity contribution >= 4 is 11.6 Å². The lowest BCUT2D eigenvalue weighted by atomic mass is 10.1. The Morgan fingerprint density at radius 3 is 2.46 bits per heavy atom. The molecule has 0 aliphatic carbocycles. The zero-order valence-corrected chi connectivity index (χ0v) is 15.1. The lowest BCUT2D eigenvalue weighted by molar-refractivity contribution is 0.0357. The fourth-order valence-electron chi connectivity index (χ4n) is 2.84. The van der Waals surface area contributed by atoms with E-state index in [1.165, 1.54) is 16.6 Å². The van der Waals surface area contributed by atoms with E-state index in [4.69, 9.17) is 4.84 Å². The van der Waals surface area contributed by atoms with Crippen molar-refractivity contribution in [1.82, 2.24) is 20.1 Å². The zero-order valence-electron chi connectivity index (χ0n) is 15.1. The van der Waals surface area contributed by atoms with Crippen molar-refractivity contribution in [3.8, 4) is 22.5 Å². The molecule has 4 aromatic rings. The van der Waals surface area contributed by atoms with Crippen LogP contribution in [0.4, 0.5) is 4.39 Å². The van der Waals surface area contributed by atoms with E-state index in [9.17, 15) is 9.18 Å². The summed E-state index contributed by atoms with van der Waals surface area (Å²) < 4.78 is 14.8. The van der Waals surface area contributed by atoms with E-state index in [2.05, 4.69) is 15.6 Å². The van der Waals surface area contributed by atoms with Gasteiger partial charge >= 0.3 is 0 Å². The van der Waals surface area contributed by atoms with Crippen molar-refractivity contribution in [3.05, 3.63) is 78.2 Å². The number of amides is 1. The molecular weight excluding hydrogens is 359 g/mol. The van der Waals surface area contributed by atoms with Gasteiger partial charge in [0.2, 0.25) is 0 Å². The molecule has 2 heterocycles. The summed E-state index contributed by atoms with van der Waals surface area (Å²) in [5.41, 5.74) is 5.98. The molecule has 0 atom stereocenters. The molecule has 0 fully saturated rings. The number of halogens is 1. The minimum Gasteiger partial charge on any atom is -0.274 e. The molecule has 1 amide bonds. The predicted octanol–water partition coefficient (Wildman–Crippen LogP) is 3.88. The number of carbonyl (C=O) groups is 1. The van der Waals surface area contributed by atoms with Crippen LogP contribution in [0.3, 0.4) is 0 Å². The molecule has 1 N–H and O–H groups in total. The summed E-state index contributed by atoms with van der Waals surface area (Å²) >= 11 is 0. The van der Waals surface area contributed by atoms with Gasteiger partial charge in [0, 0.05) is 17.2 Å². The molecule has 0 unspecified atom stereocenters. The minimum absolute atomic E-state index is 0.264. The van der Waals surface area contributed by atoms with Gasteiger partial charge < -0.3 is 0 Å². The predicted molar refractivity (Wildman–Crippen MR) is 103 cm³/mol. The number of hydrogen-bond acceptors (Lipinski definition) is 4. The van der Waals surface area contributed by atoms with E-state index in [1.807, 2.05) is 30.3 Å². The van der Waals surface area contributed by atoms with Crippen LogP contribution in [-0.2, 0) is 4.84 Å². The fraction of sp³-hybridized carbons (Fsp3) is 0.0952. The van der Waals surface area contributed by atoms with Gasteiger partial charge in [-0.1, -0.05) is 30.3 Å². The SMILES string of the molecule is CCONC(=O)c1cc(-c2ccc(F)cc2)nc2cc(-c3ccccc3)nn12. The second-order valence-electron chi connectivity index (χ2n) is 6.06. The first-order valence-electron chi connectivity index (χ1n) is 8.80. The molecule has 0 spiro atoms. The van der Waals surface area contributed by atoms with Crippen LogP contribution in [0.5, 0.6) is 0 Å². The molecule has 6 nitrogen and oxygen atoms in total. The van der Waals surface area contributed by atoms with Crippen molar-refractivity contribution < 1.29 is 14.0 Å². The molecule has 4 rings (SSSR count). The topological polar surface area (TPSA) is 68.5 Å². The maximum atomic E-state index is 13.3. The van der Waals surface area contributed by atoms with Crippen LogP contribution in [0.15, 0.2) is 66.7 Å². The Morgan fingerprint density at radius 1 is 1.04 bits per heavy atom. The van der Waals surface area contributed by atoms with Crippen LogP contribution in [0.1, 0.15) is 17.4 Å². The van der Waals surface area contributed by atoms with Crippen molar-refractivity contribution in [3.63, 3.8) is 0 Å². The van der Waals surface area contributed by atoms with Gasteiger partial charge in [-0.15, -0.1) is 0 Å². The second-order valence-corrected chi connectivity index (χ2v) is 6.06. The average Bonchev–Trinajstić information content (AvgIpc) is 3.16. The first-order valence-corrected chi connectivity index (χ1v) is 8.80. The molecule has 0 aliphatic rings. The third kappa shape index (κ3) is 3.47. The van der Waals surface area contributed by atoms with Crippen molar-refractivity contribution in [2.24, 2.45) is 0 Å². The fourth-order valence-corrected chi connectivity index (χ4v) is 2.84. The van der Waals surface area contributed by atoms with Crippen LogP contribution in [0.2, 0.25) is 0 Å². The third-order valence-corrected chi connectivity index (χ3v) is 4.18. The number of benzene rings is 2. The molecule has 7 heteroatoms. The standard InChI is InChI=1S/C21H17FN4O2/c1-2-28-25-21(27)19-12-17(15-8-10-16(22)11-9-15)23-20-13-18(24-26(19)20)14-6-4-3-5-7-14/h3-13H,2H2,1H3,(H,25,27). The Labute approximate surface area is 160 Å². The maximum Gasteiger partial charge on any atom is 0.293 e. The van der Waals surface area contributed by atoms with Crippen LogP contribution in [0.25, 0.3) is 28.2 Å². The zero-order chi connectivity index (χ0) is 19.5. The molecule has 28 heavy (non-hydrogen) atoms. The van der Waals surface area contributed by atoms with Crippen molar-refractivity contribution in [2.75, 3.05) is 6.61 Å². The highest BCUT2D eigenvalue weighted by molar-refractivity contribution is 5.93. The van der Waals surface area contributed by atoms with Gasteiger partial charge in [-0.3, -0.25) is 9.63 Å². The number of hydroxylamine groups is 1. The minimum atomic E-state index is -0.444. The highest BCUT2D eigenvalue weighted by atomic mass is 19.1. The number of hydrogen-bond donors (Lipinski definition) is 1. The number of nitrogens with one attached hydrogen (secondary N) is 1. The smallest absolute Gasteiger partial charge is 0.274 e. The van der Waals surface area contributed by atoms with E-state index >= 15 is 0 Å². The van der Waals surface area contributed by atoms with Crippen LogP contribution >= 0.6 is 0 Å². The lowest BCUT2D eigenvalue weighted by Gasteiger charge is -2.08. The summed E-state index contributed by atoms with van der Waals surface area (Å²) in [4.78, 5) is 22.3. The highest BCUT2D eigenvalue weighted by Gasteiger charge is 2.17. The first kappa shape index (κ1) is 17.8. The summed E-state index contributed by atoms with van der Waals surface area (Å²) in [6.07, 6.45) is 0. The summed E-state index contributed by atoms with van der Waals surface area (Å²) in [7, 11) is 0. The summed E-state index contributed by atoms with van der Waals surface area (Å²) in [5, 5.41) is 4.54. The van der Waals surface area contributed by atoms with Crippen molar-refractivity contribution in [2.45, 2.75) is 6.92 Å². The van der Waals surface area contributed by atoms with Crippen LogP contribution in [0, 0.1) is 5.82 Å². The van der Waals surface area contributed by atoms with Gasteiger partial charge in [0.15, 0.2) is 5.65 Å². The van der Waals surface area contributed by atoms with Gasteiger partial charge in [-0.25, -0.2) is 19.4 Å². The van der Waals surface area contributed by atoms with Gasteiger partial charge in [-0.05, 0) is 37.3 Å². The highest BCUT2D eigenvalue weighted by Crippen LogP contribution is 2.24. The molecule has 0 radical (unpaired) electrons. The normalized spacial score (nSPS) is 10.9. The van der Waals surface area contributed by atoms with E-state index in [0.717, 1.165) is 5.56 Å². The second kappa shape index (κ2) is 7.58. The van der Waals surface area contributed by atoms with Gasteiger partial charge in [0.1, 0.15) is 11.5 Å². The Balaban J connectivity index is 1.87. The Hall–Kier alpha value is -3.58. The Kier molecular flexibility index (Phi) is 4.82. The van der Waals surface area contributed by atoms with Crippen molar-refractivity contribution in [1.29, 1.82) is 0 Å². The average molecular weight is 376 g/mol. The van der Waals surface area contributed by atoms with Crippen LogP contribution in [-0.4, -0.2) is 27.1 Å². The summed E-state index contributed by atoms with van der Waals surface area (Å²) in [6, 6.07) is 19.0. The Bertz CT molecular complexity index is 1120. The molecule has 140 valence electrons. The number of rotatable bonds is 5. The summed E-state index contributed by atoms with van der Waals surface area (Å²) in [6.45, 7) is 2.10. The first-order chi connectivity index (χ1) is 13.7. The van der Waals surface area contributed by atoms with E-state index in [0.29, 0.717) is 29.2 Å². The van der Waals surface area contributed by atoms with Crippen LogP contribution < -0.4 is 5.48 Å². The number of fused-ring (bicyclic) bond motifs is 1. The monoisotopic (exact) mass is 376 g/mol. The van der Waals surface area contributed by atoms with E-state index in [-0.39, 0.29) is 11.5 Å². The number of nitrogens with zero attached hydrogens (tertiary/aromatic N) is 3. The van der Waals surface area contributed by atoms with E-state index < -0.39 is 5.91 Å². The Morgan fingerprint density at radius 2 is 1.75 bits per heavy atom. The van der Waals surface area contributed by atoms with E-state index in [1.54, 1.807) is 31.2 Å². The molecule has 0 aliphatic heterocycles. The molecule has 0 saturated carbocycles. The molecule has 2 aromatic heterocycles. The quantitative estimate of drug-likeness (QED) is 0.537. The number of carbonyl (C=O) groups excluding carboxylic acids is 1.